The largest absolute Gasteiger partial charge is 0.491 e. The fourth-order valence-electron chi connectivity index (χ4n) is 10.6. The van der Waals surface area contributed by atoms with Crippen LogP contribution < -0.4 is 10.2 Å². The average Bonchev–Trinajstić information content (AvgIpc) is 3.62. The standard InChI is InChI=1S/C46H44ClFN4O6/c47-30-12-10-29(11-13-30)46-38(43(55)52(45(46)57)49-32-16-14-31(48)15-17-32)26-37-34(41(46)35-8-4-5-9-39(35)58-25-24-53)18-19-36-40(37)44(56)51(42(36)54)33-20-22-50(23-21-33)27-28-6-2-1-3-7-28/h1-18,33,36-38,40-41,49,53H,19-27H2. The first-order chi connectivity index (χ1) is 28.2. The van der Waals surface area contributed by atoms with Crippen molar-refractivity contribution in [3.63, 3.8) is 0 Å². The van der Waals surface area contributed by atoms with Crippen LogP contribution in [0.3, 0.4) is 0 Å². The molecule has 3 aliphatic heterocycles. The molecule has 2 N–H and O–H groups in total. The third-order valence-corrected chi connectivity index (χ3v) is 13.3. The SMILES string of the molecule is O=C1C2CC3C(=CCC4C(=O)N(C5CCN(Cc6ccccc6)CC5)C(=O)C43)C(c3ccccc3OCCO)C2(c2ccc(Cl)cc2)C(=O)N1Nc1ccc(F)cc1. The lowest BCUT2D eigenvalue weighted by atomic mass is 9.49. The van der Waals surface area contributed by atoms with Gasteiger partial charge in [0.05, 0.1) is 35.5 Å². The first-order valence-corrected chi connectivity index (χ1v) is 20.4. The minimum Gasteiger partial charge on any atom is -0.491 e. The maximum absolute atomic E-state index is 15.5. The molecule has 298 valence electrons. The number of halogens is 2. The van der Waals surface area contributed by atoms with Gasteiger partial charge in [-0.1, -0.05) is 83.9 Å². The maximum Gasteiger partial charge on any atom is 0.260 e. The van der Waals surface area contributed by atoms with Crippen LogP contribution in [0.5, 0.6) is 5.75 Å². The molecule has 12 heteroatoms. The van der Waals surface area contributed by atoms with Crippen LogP contribution in [0.4, 0.5) is 10.1 Å². The van der Waals surface area contributed by atoms with Gasteiger partial charge in [-0.05, 0) is 85.2 Å². The van der Waals surface area contributed by atoms with E-state index in [1.165, 1.54) is 34.7 Å². The number of hydrogen-bond acceptors (Lipinski definition) is 8. The summed E-state index contributed by atoms with van der Waals surface area (Å²) in [4.78, 5) is 63.6. The van der Waals surface area contributed by atoms with E-state index >= 15 is 4.79 Å². The van der Waals surface area contributed by atoms with Crippen LogP contribution in [0.2, 0.25) is 5.02 Å². The zero-order valence-electron chi connectivity index (χ0n) is 31.8. The van der Waals surface area contributed by atoms with Gasteiger partial charge in [0.2, 0.25) is 11.8 Å². The highest BCUT2D eigenvalue weighted by Gasteiger charge is 2.71. The molecule has 0 spiro atoms. The summed E-state index contributed by atoms with van der Waals surface area (Å²) in [5.41, 5.74) is 4.99. The van der Waals surface area contributed by atoms with Crippen LogP contribution in [-0.4, -0.2) is 75.9 Å². The van der Waals surface area contributed by atoms with Gasteiger partial charge in [0.25, 0.3) is 11.8 Å². The Labute approximate surface area is 341 Å². The quantitative estimate of drug-likeness (QED) is 0.138. The molecule has 3 heterocycles. The lowest BCUT2D eigenvalue weighted by Crippen LogP contribution is -2.53. The Hall–Kier alpha value is -5.36. The highest BCUT2D eigenvalue weighted by molar-refractivity contribution is 6.30. The monoisotopic (exact) mass is 802 g/mol. The van der Waals surface area contributed by atoms with Gasteiger partial charge in [0.15, 0.2) is 0 Å². The normalized spacial score (nSPS) is 27.3. The van der Waals surface area contributed by atoms with Crippen LogP contribution in [0.15, 0.2) is 115 Å². The molecular weight excluding hydrogens is 759 g/mol. The number of hydrogen-bond donors (Lipinski definition) is 2. The number of nitrogens with zero attached hydrogens (tertiary/aromatic N) is 3. The molecule has 9 rings (SSSR count). The molecule has 4 fully saturated rings. The number of aliphatic hydroxyl groups is 1. The number of anilines is 1. The number of ether oxygens (including phenoxy) is 1. The minimum absolute atomic E-state index is 0.00841. The van der Waals surface area contributed by atoms with Crippen LogP contribution in [0, 0.1) is 29.5 Å². The van der Waals surface area contributed by atoms with Crippen LogP contribution in [0.25, 0.3) is 0 Å². The van der Waals surface area contributed by atoms with Crippen LogP contribution in [0.1, 0.15) is 48.3 Å². The van der Waals surface area contributed by atoms with Crippen molar-refractivity contribution in [3.8, 4) is 5.75 Å². The fraction of sp³-hybridized carbons (Fsp3) is 0.348. The Kier molecular flexibility index (Phi) is 10.2. The van der Waals surface area contributed by atoms with E-state index in [1.54, 1.807) is 36.4 Å². The molecule has 0 aromatic heterocycles. The smallest absolute Gasteiger partial charge is 0.260 e. The van der Waals surface area contributed by atoms with Crippen LogP contribution in [-0.2, 0) is 31.1 Å². The number of hydrazine groups is 1. The van der Waals surface area contributed by atoms with Crippen molar-refractivity contribution in [2.45, 2.75) is 49.6 Å². The van der Waals surface area contributed by atoms with Crippen molar-refractivity contribution < 1.29 is 33.4 Å². The number of nitrogens with one attached hydrogen (secondary N) is 1. The van der Waals surface area contributed by atoms with Gasteiger partial charge in [0, 0.05) is 42.2 Å². The van der Waals surface area contributed by atoms with Gasteiger partial charge < -0.3 is 9.84 Å². The highest BCUT2D eigenvalue weighted by Crippen LogP contribution is 2.65. The van der Waals surface area contributed by atoms with E-state index in [0.29, 0.717) is 46.8 Å². The molecule has 0 bridgehead atoms. The van der Waals surface area contributed by atoms with Crippen molar-refractivity contribution in [2.24, 2.45) is 23.7 Å². The molecule has 4 aromatic rings. The van der Waals surface area contributed by atoms with Gasteiger partial charge in [-0.3, -0.25) is 34.4 Å². The lowest BCUT2D eigenvalue weighted by molar-refractivity contribution is -0.144. The Morgan fingerprint density at radius 3 is 2.26 bits per heavy atom. The number of benzene rings is 4. The molecule has 6 unspecified atom stereocenters. The molecule has 4 amide bonds. The number of piperidine rings is 1. The summed E-state index contributed by atoms with van der Waals surface area (Å²) in [6.45, 7) is 2.06. The van der Waals surface area contributed by atoms with Crippen molar-refractivity contribution >= 4 is 40.9 Å². The van der Waals surface area contributed by atoms with Crippen molar-refractivity contribution in [2.75, 3.05) is 31.7 Å². The summed E-state index contributed by atoms with van der Waals surface area (Å²) >= 11 is 6.43. The van der Waals surface area contributed by atoms with E-state index in [1.807, 2.05) is 36.4 Å². The second-order valence-electron chi connectivity index (χ2n) is 16.0. The van der Waals surface area contributed by atoms with E-state index in [2.05, 4.69) is 22.5 Å². The molecular formula is C46H44ClFN4O6. The van der Waals surface area contributed by atoms with Gasteiger partial charge in [-0.15, -0.1) is 0 Å². The molecule has 0 radical (unpaired) electrons. The van der Waals surface area contributed by atoms with Crippen molar-refractivity contribution in [1.82, 2.24) is 14.8 Å². The van der Waals surface area contributed by atoms with Crippen molar-refractivity contribution in [1.29, 1.82) is 0 Å². The number of amides is 4. The molecule has 6 atom stereocenters. The molecule has 4 aromatic carbocycles. The van der Waals surface area contributed by atoms with Gasteiger partial charge in [0.1, 0.15) is 18.2 Å². The summed E-state index contributed by atoms with van der Waals surface area (Å²) in [5.74, 6) is -5.08. The van der Waals surface area contributed by atoms with E-state index < -0.39 is 52.6 Å². The predicted octanol–water partition coefficient (Wildman–Crippen LogP) is 6.50. The summed E-state index contributed by atoms with van der Waals surface area (Å²) in [6.07, 6.45) is 3.82. The summed E-state index contributed by atoms with van der Waals surface area (Å²) in [6, 6.07) is 29.7. The Bertz CT molecular complexity index is 2260. The summed E-state index contributed by atoms with van der Waals surface area (Å²) in [7, 11) is 0. The maximum atomic E-state index is 15.5. The number of allylic oxidation sites excluding steroid dienone is 2. The molecule has 58 heavy (non-hydrogen) atoms. The number of aliphatic hydroxyl groups excluding tert-OH is 1. The van der Waals surface area contributed by atoms with E-state index in [0.717, 1.165) is 30.2 Å². The number of para-hydroxylation sites is 1. The average molecular weight is 803 g/mol. The molecule has 3 saturated heterocycles. The highest BCUT2D eigenvalue weighted by atomic mass is 35.5. The van der Waals surface area contributed by atoms with E-state index in [4.69, 9.17) is 16.3 Å². The summed E-state index contributed by atoms with van der Waals surface area (Å²) in [5, 5.41) is 11.3. The Morgan fingerprint density at radius 2 is 1.53 bits per heavy atom. The number of imide groups is 2. The zero-order chi connectivity index (χ0) is 40.1. The second kappa shape index (κ2) is 15.4. The second-order valence-corrected chi connectivity index (χ2v) is 16.5. The van der Waals surface area contributed by atoms with E-state index in [9.17, 15) is 23.9 Å². The molecule has 5 aliphatic rings. The number of likely N-dealkylation sites (tertiary alicyclic amines) is 2. The lowest BCUT2D eigenvalue weighted by Gasteiger charge is -2.50. The number of carbonyl (C=O) groups excluding carboxylic acids is 4. The van der Waals surface area contributed by atoms with Crippen molar-refractivity contribution in [3.05, 3.63) is 142 Å². The number of carbonyl (C=O) groups is 4. The molecule has 2 aliphatic carbocycles. The van der Waals surface area contributed by atoms with Crippen LogP contribution >= 0.6 is 11.6 Å². The predicted molar refractivity (Wildman–Crippen MR) is 215 cm³/mol. The molecule has 1 saturated carbocycles. The Morgan fingerprint density at radius 1 is 0.828 bits per heavy atom. The number of rotatable bonds is 10. The topological polar surface area (TPSA) is 119 Å². The number of fused-ring (bicyclic) bond motifs is 4. The summed E-state index contributed by atoms with van der Waals surface area (Å²) < 4.78 is 20.1. The van der Waals surface area contributed by atoms with Gasteiger partial charge >= 0.3 is 0 Å². The van der Waals surface area contributed by atoms with Gasteiger partial charge in [-0.2, -0.15) is 5.01 Å². The third-order valence-electron chi connectivity index (χ3n) is 13.0. The van der Waals surface area contributed by atoms with Gasteiger partial charge in [-0.25, -0.2) is 4.39 Å². The third kappa shape index (κ3) is 6.31. The first-order valence-electron chi connectivity index (χ1n) is 20.0. The minimum atomic E-state index is -1.54. The fourth-order valence-corrected chi connectivity index (χ4v) is 10.7. The Balaban J connectivity index is 1.12. The zero-order valence-corrected chi connectivity index (χ0v) is 32.6. The molecule has 10 nitrogen and oxygen atoms in total. The van der Waals surface area contributed by atoms with E-state index in [-0.39, 0.29) is 37.5 Å². The first kappa shape index (κ1) is 38.2.